The Labute approximate surface area is 199 Å². The van der Waals surface area contributed by atoms with Gasteiger partial charge in [-0.2, -0.15) is 13.1 Å². The zero-order valence-electron chi connectivity index (χ0n) is 17.7. The summed E-state index contributed by atoms with van der Waals surface area (Å²) in [4.78, 5) is 12.2. The van der Waals surface area contributed by atoms with Gasteiger partial charge in [0.25, 0.3) is 21.6 Å². The van der Waals surface area contributed by atoms with E-state index in [0.29, 0.717) is 18.8 Å². The van der Waals surface area contributed by atoms with Gasteiger partial charge in [0.15, 0.2) is 0 Å². The predicted molar refractivity (Wildman–Crippen MR) is 113 cm³/mol. The Morgan fingerprint density at radius 2 is 1.85 bits per heavy atom. The molecule has 0 aliphatic heterocycles. The molecule has 178 valence electrons. The Hall–Kier alpha value is -3.00. The maximum atomic E-state index is 13.1. The number of anilines is 1. The Bertz CT molecular complexity index is 1210. The second kappa shape index (κ2) is 12.3. The van der Waals surface area contributed by atoms with Gasteiger partial charge in [-0.15, -0.1) is 5.11 Å². The molecule has 0 saturated carbocycles. The molecule has 0 radical (unpaired) electrons. The quantitative estimate of drug-likeness (QED) is 0.214. The van der Waals surface area contributed by atoms with E-state index in [0.717, 1.165) is 0 Å². The molecule has 0 aliphatic rings. The van der Waals surface area contributed by atoms with E-state index in [1.807, 2.05) is 18.7 Å². The maximum Gasteiger partial charge on any atom is 2.00 e. The van der Waals surface area contributed by atoms with E-state index in [1.165, 1.54) is 16.7 Å². The fourth-order valence-electron chi connectivity index (χ4n) is 2.75. The molecule has 33 heavy (non-hydrogen) atoms. The summed E-state index contributed by atoms with van der Waals surface area (Å²) in [5.74, 6) is -3.97. The van der Waals surface area contributed by atoms with E-state index in [2.05, 4.69) is 33.7 Å². The second-order valence-corrected chi connectivity index (χ2v) is 7.70. The molecule has 2 rings (SSSR count). The standard InChI is InChI=1S/C18H19F3N8O2S.Ni/c1-6-28(7-2)12-9-10-13(14(11-12)27-32(30,31-21)17(19)20)25-26-18-24-15(22-4)16(23-5)29(18)8-3;/h9-11,17H,6-8H2,1-3H3;/q;+2. The maximum absolute atomic E-state index is 13.1. The van der Waals surface area contributed by atoms with E-state index in [-0.39, 0.29) is 52.0 Å². The first-order valence-electron chi connectivity index (χ1n) is 9.28. The first-order chi connectivity index (χ1) is 15.3. The zero-order valence-corrected chi connectivity index (χ0v) is 19.5. The largest absolute Gasteiger partial charge is 2.00 e. The Kier molecular flexibility index (Phi) is 10.4. The van der Waals surface area contributed by atoms with E-state index in [4.69, 9.17) is 13.1 Å². The Morgan fingerprint density at radius 3 is 2.33 bits per heavy atom. The van der Waals surface area contributed by atoms with Crippen LogP contribution in [0.1, 0.15) is 20.8 Å². The fourth-order valence-corrected chi connectivity index (χ4v) is 3.33. The van der Waals surface area contributed by atoms with Gasteiger partial charge >= 0.3 is 28.2 Å². The van der Waals surface area contributed by atoms with Gasteiger partial charge < -0.3 is 14.6 Å². The normalized spacial score (nSPS) is 12.6. The van der Waals surface area contributed by atoms with Crippen LogP contribution < -0.4 is 4.90 Å². The van der Waals surface area contributed by atoms with Crippen LogP contribution >= 0.6 is 0 Å². The van der Waals surface area contributed by atoms with Crippen LogP contribution in [0.15, 0.2) is 32.8 Å². The summed E-state index contributed by atoms with van der Waals surface area (Å²) in [5.41, 5.74) is 0.0837. The molecule has 1 aromatic heterocycles. The summed E-state index contributed by atoms with van der Waals surface area (Å²) in [5, 5.41) is 7.82. The van der Waals surface area contributed by atoms with Gasteiger partial charge in [0.2, 0.25) is 0 Å². The van der Waals surface area contributed by atoms with Crippen molar-refractivity contribution in [1.82, 2.24) is 9.55 Å². The van der Waals surface area contributed by atoms with E-state index >= 15 is 0 Å². The molecular formula is C18H19F3N8NiO2S+2. The van der Waals surface area contributed by atoms with Crippen LogP contribution in [-0.2, 0) is 37.4 Å². The molecule has 0 N–H and O–H groups in total. The van der Waals surface area contributed by atoms with Crippen molar-refractivity contribution in [2.24, 2.45) is 14.6 Å². The first-order valence-corrected chi connectivity index (χ1v) is 10.8. The van der Waals surface area contributed by atoms with Crippen LogP contribution in [0.25, 0.3) is 9.69 Å². The number of imidazole rings is 1. The monoisotopic (exact) mass is 526 g/mol. The van der Waals surface area contributed by atoms with Crippen LogP contribution in [-0.4, -0.2) is 32.6 Å². The molecule has 0 fully saturated rings. The molecule has 15 heteroatoms. The third kappa shape index (κ3) is 6.07. The van der Waals surface area contributed by atoms with E-state index in [1.54, 1.807) is 13.0 Å². The van der Waals surface area contributed by atoms with Gasteiger partial charge in [-0.1, -0.05) is 27.6 Å². The minimum Gasteiger partial charge on any atom is -0.373 e. The van der Waals surface area contributed by atoms with E-state index in [9.17, 15) is 17.5 Å². The van der Waals surface area contributed by atoms with Crippen LogP contribution in [0.3, 0.4) is 0 Å². The number of rotatable bonds is 9. The molecule has 0 aliphatic carbocycles. The predicted octanol–water partition coefficient (Wildman–Crippen LogP) is 6.40. The van der Waals surface area contributed by atoms with Gasteiger partial charge in [-0.25, -0.2) is 8.78 Å². The van der Waals surface area contributed by atoms with Crippen molar-refractivity contribution in [1.29, 1.82) is 0 Å². The Balaban J connectivity index is 0.00000544. The van der Waals surface area contributed by atoms with Gasteiger partial charge in [-0.3, -0.25) is 0 Å². The molecule has 2 aromatic rings. The first kappa shape index (κ1) is 28.0. The number of azo groups is 1. The summed E-state index contributed by atoms with van der Waals surface area (Å²) in [6.45, 7) is 21.2. The van der Waals surface area contributed by atoms with Crippen molar-refractivity contribution >= 4 is 44.7 Å². The smallest absolute Gasteiger partial charge is 0.373 e. The molecule has 10 nitrogen and oxygen atoms in total. The van der Waals surface area contributed by atoms with Gasteiger partial charge in [0.1, 0.15) is 11.4 Å². The van der Waals surface area contributed by atoms with Gasteiger partial charge in [-0.05, 0) is 43.5 Å². The van der Waals surface area contributed by atoms with Gasteiger partial charge in [0.05, 0.1) is 6.54 Å². The van der Waals surface area contributed by atoms with Crippen molar-refractivity contribution in [3.63, 3.8) is 0 Å². The van der Waals surface area contributed by atoms with Crippen LogP contribution in [0, 0.1) is 13.1 Å². The third-order valence-corrected chi connectivity index (χ3v) is 5.39. The Morgan fingerprint density at radius 1 is 1.18 bits per heavy atom. The van der Waals surface area contributed by atoms with Crippen LogP contribution in [0.4, 0.5) is 48.0 Å². The molecule has 0 bridgehead atoms. The average Bonchev–Trinajstić information content (AvgIpc) is 3.15. The minimum absolute atomic E-state index is 0. The van der Waals surface area contributed by atoms with Crippen molar-refractivity contribution in [2.75, 3.05) is 18.0 Å². The summed E-state index contributed by atoms with van der Waals surface area (Å²) in [6.07, 6.45) is 0. The molecule has 1 heterocycles. The number of halogens is 3. The minimum atomic E-state index is -4.98. The summed E-state index contributed by atoms with van der Waals surface area (Å²) in [7, 11) is -4.98. The number of nitrogens with zero attached hydrogens (tertiary/aromatic N) is 8. The molecule has 1 atom stereocenters. The molecule has 0 amide bonds. The zero-order chi connectivity index (χ0) is 23.9. The number of hydrogen-bond acceptors (Lipinski definition) is 7. The molecule has 0 spiro atoms. The van der Waals surface area contributed by atoms with Crippen LogP contribution in [0.5, 0.6) is 0 Å². The van der Waals surface area contributed by atoms with Crippen molar-refractivity contribution < 1.29 is 38.4 Å². The SMILES string of the molecule is [C-]#[N+]c1nc(N=Nc2ccc(N(CC)CC)cc2N=S(=O)(OF)C(F)F)n(CC)c1[N+]#[C-].[Ni+2]. The third-order valence-electron chi connectivity index (χ3n) is 4.31. The summed E-state index contributed by atoms with van der Waals surface area (Å²) in [6, 6.07) is 4.30. The van der Waals surface area contributed by atoms with Gasteiger partial charge in [0, 0.05) is 18.8 Å². The van der Waals surface area contributed by atoms with Crippen molar-refractivity contribution in [3.05, 3.63) is 41.0 Å². The molecular weight excluding hydrogens is 508 g/mol. The van der Waals surface area contributed by atoms with Crippen molar-refractivity contribution in [2.45, 2.75) is 33.1 Å². The van der Waals surface area contributed by atoms with E-state index < -0.39 is 15.8 Å². The van der Waals surface area contributed by atoms with Crippen molar-refractivity contribution in [3.8, 4) is 0 Å². The average molecular weight is 527 g/mol. The molecule has 0 saturated heterocycles. The second-order valence-electron chi connectivity index (χ2n) is 6.00. The number of alkyl halides is 2. The number of aromatic nitrogens is 2. The fraction of sp³-hybridized carbons (Fsp3) is 0.389. The summed E-state index contributed by atoms with van der Waals surface area (Å²) < 4.78 is 58.6. The number of hydrogen-bond donors (Lipinski definition) is 0. The summed E-state index contributed by atoms with van der Waals surface area (Å²) >= 11 is 0. The molecule has 1 aromatic carbocycles. The molecule has 1 unspecified atom stereocenters. The number of benzene rings is 1. The topological polar surface area (TPSA) is 93.2 Å². The van der Waals surface area contributed by atoms with Crippen LogP contribution in [0.2, 0.25) is 0 Å².